The fraction of sp³-hybridized carbons (Fsp3) is 0.143. The van der Waals surface area contributed by atoms with Gasteiger partial charge in [-0.3, -0.25) is 0 Å². The molecule has 0 saturated carbocycles. The van der Waals surface area contributed by atoms with E-state index in [1.165, 1.54) is 12.1 Å². The summed E-state index contributed by atoms with van der Waals surface area (Å²) in [5.74, 6) is -1.69. The van der Waals surface area contributed by atoms with E-state index in [0.29, 0.717) is 10.0 Å². The molecule has 2 aromatic rings. The number of aliphatic hydroxyl groups excluding tert-OH is 1. The van der Waals surface area contributed by atoms with Gasteiger partial charge < -0.3 is 5.11 Å². The van der Waals surface area contributed by atoms with Crippen molar-refractivity contribution in [3.05, 3.63) is 69.4 Å². The third kappa shape index (κ3) is 3.58. The van der Waals surface area contributed by atoms with Crippen LogP contribution in [0.15, 0.2) is 40.9 Å². The molecular formula is C14H10BrF3O. The normalized spacial score (nSPS) is 12.5. The van der Waals surface area contributed by atoms with Crippen LogP contribution >= 0.6 is 15.9 Å². The first kappa shape index (κ1) is 14.1. The third-order valence-corrected chi connectivity index (χ3v) is 3.15. The monoisotopic (exact) mass is 330 g/mol. The molecule has 0 spiro atoms. The molecule has 19 heavy (non-hydrogen) atoms. The molecule has 0 aromatic heterocycles. The van der Waals surface area contributed by atoms with Crippen LogP contribution in [-0.4, -0.2) is 5.11 Å². The molecule has 0 amide bonds. The standard InChI is InChI=1S/C14H10BrF3O/c15-10-3-9(5-12(17)7-10)14(19)6-8-4-11(16)1-2-13(8)18/h1-5,7,14,19H,6H2. The van der Waals surface area contributed by atoms with Crippen molar-refractivity contribution in [2.24, 2.45) is 0 Å². The molecule has 100 valence electrons. The molecule has 0 radical (unpaired) electrons. The van der Waals surface area contributed by atoms with Crippen LogP contribution in [0.3, 0.4) is 0 Å². The maximum atomic E-state index is 13.4. The van der Waals surface area contributed by atoms with Gasteiger partial charge in [-0.1, -0.05) is 15.9 Å². The van der Waals surface area contributed by atoms with Gasteiger partial charge in [-0.05, 0) is 47.5 Å². The van der Waals surface area contributed by atoms with Gasteiger partial charge in [0.25, 0.3) is 0 Å². The van der Waals surface area contributed by atoms with Crippen molar-refractivity contribution in [1.29, 1.82) is 0 Å². The zero-order valence-corrected chi connectivity index (χ0v) is 11.3. The van der Waals surface area contributed by atoms with Gasteiger partial charge in [-0.15, -0.1) is 0 Å². The van der Waals surface area contributed by atoms with Crippen molar-refractivity contribution in [1.82, 2.24) is 0 Å². The average molecular weight is 331 g/mol. The van der Waals surface area contributed by atoms with E-state index in [2.05, 4.69) is 15.9 Å². The van der Waals surface area contributed by atoms with Crippen LogP contribution in [0.4, 0.5) is 13.2 Å². The van der Waals surface area contributed by atoms with E-state index in [1.54, 1.807) is 0 Å². The van der Waals surface area contributed by atoms with E-state index in [9.17, 15) is 18.3 Å². The second-order valence-electron chi connectivity index (χ2n) is 4.16. The molecule has 0 aliphatic carbocycles. The zero-order chi connectivity index (χ0) is 14.0. The predicted octanol–water partition coefficient (Wildman–Crippen LogP) is 4.14. The Hall–Kier alpha value is -1.33. The lowest BCUT2D eigenvalue weighted by Gasteiger charge is -2.12. The van der Waals surface area contributed by atoms with E-state index in [-0.39, 0.29) is 12.0 Å². The molecule has 1 nitrogen and oxygen atoms in total. The SMILES string of the molecule is OC(Cc1cc(F)ccc1F)c1cc(F)cc(Br)c1. The van der Waals surface area contributed by atoms with Crippen LogP contribution in [0.1, 0.15) is 17.2 Å². The molecule has 5 heteroatoms. The Balaban J connectivity index is 2.25. The number of benzene rings is 2. The molecule has 0 saturated heterocycles. The summed E-state index contributed by atoms with van der Waals surface area (Å²) in [5.41, 5.74) is 0.350. The summed E-state index contributed by atoms with van der Waals surface area (Å²) in [4.78, 5) is 0. The van der Waals surface area contributed by atoms with Crippen molar-refractivity contribution in [2.75, 3.05) is 0 Å². The van der Waals surface area contributed by atoms with Crippen LogP contribution in [0.5, 0.6) is 0 Å². The highest BCUT2D eigenvalue weighted by molar-refractivity contribution is 9.10. The summed E-state index contributed by atoms with van der Waals surface area (Å²) in [6, 6.07) is 6.96. The molecule has 0 heterocycles. The van der Waals surface area contributed by atoms with Crippen molar-refractivity contribution in [2.45, 2.75) is 12.5 Å². The summed E-state index contributed by atoms with van der Waals surface area (Å²) in [6.45, 7) is 0. The largest absolute Gasteiger partial charge is 0.388 e. The van der Waals surface area contributed by atoms with Crippen LogP contribution in [0.25, 0.3) is 0 Å². The summed E-state index contributed by atoms with van der Waals surface area (Å²) in [7, 11) is 0. The first-order chi connectivity index (χ1) is 8.95. The van der Waals surface area contributed by atoms with E-state index in [1.807, 2.05) is 0 Å². The number of halogens is 4. The van der Waals surface area contributed by atoms with Crippen LogP contribution in [-0.2, 0) is 6.42 Å². The second kappa shape index (κ2) is 5.75. The third-order valence-electron chi connectivity index (χ3n) is 2.69. The molecule has 0 aliphatic rings. The van der Waals surface area contributed by atoms with Crippen LogP contribution in [0, 0.1) is 17.5 Å². The topological polar surface area (TPSA) is 20.2 Å². The molecule has 1 N–H and O–H groups in total. The Kier molecular flexibility index (Phi) is 4.27. The highest BCUT2D eigenvalue weighted by Crippen LogP contribution is 2.24. The molecule has 0 fully saturated rings. The van der Waals surface area contributed by atoms with Crippen molar-refractivity contribution in [3.8, 4) is 0 Å². The van der Waals surface area contributed by atoms with Gasteiger partial charge in [-0.25, -0.2) is 13.2 Å². The first-order valence-corrected chi connectivity index (χ1v) is 6.33. The summed E-state index contributed by atoms with van der Waals surface area (Å²) < 4.78 is 40.1. The maximum absolute atomic E-state index is 13.4. The van der Waals surface area contributed by atoms with E-state index < -0.39 is 23.6 Å². The summed E-state index contributed by atoms with van der Waals surface area (Å²) in [5, 5.41) is 9.96. The van der Waals surface area contributed by atoms with Gasteiger partial charge in [0.2, 0.25) is 0 Å². The van der Waals surface area contributed by atoms with E-state index in [0.717, 1.165) is 24.3 Å². The Labute approximate surface area is 116 Å². The minimum atomic E-state index is -1.11. The summed E-state index contributed by atoms with van der Waals surface area (Å²) in [6.07, 6.45) is -1.23. The average Bonchev–Trinajstić information content (AvgIpc) is 2.32. The number of hydrogen-bond acceptors (Lipinski definition) is 1. The highest BCUT2D eigenvalue weighted by Gasteiger charge is 2.14. The van der Waals surface area contributed by atoms with Crippen molar-refractivity contribution < 1.29 is 18.3 Å². The number of rotatable bonds is 3. The second-order valence-corrected chi connectivity index (χ2v) is 5.07. The lowest BCUT2D eigenvalue weighted by Crippen LogP contribution is -2.04. The van der Waals surface area contributed by atoms with Gasteiger partial charge >= 0.3 is 0 Å². The molecule has 2 rings (SSSR count). The Bertz CT molecular complexity index is 581. The zero-order valence-electron chi connectivity index (χ0n) is 9.71. The predicted molar refractivity (Wildman–Crippen MR) is 69.1 cm³/mol. The highest BCUT2D eigenvalue weighted by atomic mass is 79.9. The lowest BCUT2D eigenvalue weighted by molar-refractivity contribution is 0.176. The van der Waals surface area contributed by atoms with Crippen LogP contribution in [0.2, 0.25) is 0 Å². The minimum Gasteiger partial charge on any atom is -0.388 e. The van der Waals surface area contributed by atoms with Crippen LogP contribution < -0.4 is 0 Å². The van der Waals surface area contributed by atoms with Gasteiger partial charge in [0.1, 0.15) is 17.5 Å². The number of hydrogen-bond donors (Lipinski definition) is 1. The fourth-order valence-electron chi connectivity index (χ4n) is 1.79. The molecule has 0 aliphatic heterocycles. The quantitative estimate of drug-likeness (QED) is 0.896. The lowest BCUT2D eigenvalue weighted by atomic mass is 10.0. The van der Waals surface area contributed by atoms with Crippen molar-refractivity contribution >= 4 is 15.9 Å². The smallest absolute Gasteiger partial charge is 0.126 e. The molecular weight excluding hydrogens is 321 g/mol. The van der Waals surface area contributed by atoms with E-state index >= 15 is 0 Å². The maximum Gasteiger partial charge on any atom is 0.126 e. The van der Waals surface area contributed by atoms with Gasteiger partial charge in [0, 0.05) is 10.9 Å². The van der Waals surface area contributed by atoms with Gasteiger partial charge in [-0.2, -0.15) is 0 Å². The van der Waals surface area contributed by atoms with Gasteiger partial charge in [0.15, 0.2) is 0 Å². The Morgan fingerprint density at radius 2 is 1.74 bits per heavy atom. The summed E-state index contributed by atoms with van der Waals surface area (Å²) >= 11 is 3.11. The Morgan fingerprint density at radius 3 is 2.42 bits per heavy atom. The minimum absolute atomic E-state index is 0.0490. The van der Waals surface area contributed by atoms with E-state index in [4.69, 9.17) is 0 Å². The molecule has 2 aromatic carbocycles. The Morgan fingerprint density at radius 1 is 1.00 bits per heavy atom. The molecule has 0 bridgehead atoms. The first-order valence-electron chi connectivity index (χ1n) is 5.53. The fourth-order valence-corrected chi connectivity index (χ4v) is 2.28. The van der Waals surface area contributed by atoms with Crippen molar-refractivity contribution in [3.63, 3.8) is 0 Å². The van der Waals surface area contributed by atoms with Gasteiger partial charge in [0.05, 0.1) is 6.10 Å². The number of aliphatic hydroxyl groups is 1. The molecule has 1 unspecified atom stereocenters. The molecule has 1 atom stereocenters.